The van der Waals surface area contributed by atoms with Crippen LogP contribution < -0.4 is 5.32 Å². The lowest BCUT2D eigenvalue weighted by atomic mass is 10.2. The molecular formula is C15H17ClN4O2S. The molecule has 3 rings (SSSR count). The molecule has 2 heterocycles. The Bertz CT molecular complexity index is 701. The van der Waals surface area contributed by atoms with Gasteiger partial charge in [-0.2, -0.15) is 0 Å². The third-order valence-corrected chi connectivity index (χ3v) is 4.76. The van der Waals surface area contributed by atoms with Gasteiger partial charge in [0.1, 0.15) is 6.10 Å². The van der Waals surface area contributed by atoms with Gasteiger partial charge in [0.2, 0.25) is 11.1 Å². The van der Waals surface area contributed by atoms with Gasteiger partial charge in [-0.3, -0.25) is 9.89 Å². The highest BCUT2D eigenvalue weighted by molar-refractivity contribution is 7.99. The number of anilines is 1. The van der Waals surface area contributed by atoms with E-state index in [9.17, 15) is 4.79 Å². The van der Waals surface area contributed by atoms with Crippen LogP contribution in [0.25, 0.3) is 0 Å². The largest absolute Gasteiger partial charge is 0.370 e. The Hall–Kier alpha value is -1.57. The summed E-state index contributed by atoms with van der Waals surface area (Å²) in [6, 6.07) is 5.43. The van der Waals surface area contributed by atoms with Crippen LogP contribution in [-0.4, -0.2) is 33.4 Å². The molecule has 23 heavy (non-hydrogen) atoms. The minimum absolute atomic E-state index is 0.000349. The van der Waals surface area contributed by atoms with Crippen molar-refractivity contribution in [2.75, 3.05) is 17.7 Å². The van der Waals surface area contributed by atoms with Crippen molar-refractivity contribution in [3.63, 3.8) is 0 Å². The second-order valence-corrected chi connectivity index (χ2v) is 6.66. The highest BCUT2D eigenvalue weighted by atomic mass is 35.5. The van der Waals surface area contributed by atoms with E-state index in [0.29, 0.717) is 15.9 Å². The van der Waals surface area contributed by atoms with E-state index < -0.39 is 0 Å². The molecule has 0 saturated carbocycles. The van der Waals surface area contributed by atoms with Crippen LogP contribution in [-0.2, 0) is 9.53 Å². The molecule has 2 aromatic rings. The first kappa shape index (κ1) is 16.3. The second-order valence-electron chi connectivity index (χ2n) is 5.31. The van der Waals surface area contributed by atoms with Crippen molar-refractivity contribution in [2.24, 2.45) is 0 Å². The summed E-state index contributed by atoms with van der Waals surface area (Å²) in [5.74, 6) is 0.836. The third kappa shape index (κ3) is 4.25. The monoisotopic (exact) mass is 352 g/mol. The molecule has 0 aliphatic carbocycles. The van der Waals surface area contributed by atoms with Crippen LogP contribution in [0.4, 0.5) is 5.69 Å². The van der Waals surface area contributed by atoms with Crippen molar-refractivity contribution in [1.82, 2.24) is 15.2 Å². The number of thioether (sulfide) groups is 1. The van der Waals surface area contributed by atoms with Gasteiger partial charge in [-0.05, 0) is 37.5 Å². The Balaban J connectivity index is 1.51. The Morgan fingerprint density at radius 3 is 3.17 bits per heavy atom. The van der Waals surface area contributed by atoms with E-state index in [2.05, 4.69) is 20.5 Å². The number of amides is 1. The minimum atomic E-state index is -0.126. The molecule has 1 amide bonds. The van der Waals surface area contributed by atoms with Gasteiger partial charge in [0.25, 0.3) is 0 Å². The highest BCUT2D eigenvalue weighted by Gasteiger charge is 2.21. The van der Waals surface area contributed by atoms with Crippen molar-refractivity contribution < 1.29 is 9.53 Å². The number of halogens is 1. The van der Waals surface area contributed by atoms with Crippen molar-refractivity contribution in [1.29, 1.82) is 0 Å². The molecule has 0 radical (unpaired) electrons. The van der Waals surface area contributed by atoms with Gasteiger partial charge in [0.05, 0.1) is 5.75 Å². The summed E-state index contributed by atoms with van der Waals surface area (Å²) in [7, 11) is 0. The normalized spacial score (nSPS) is 17.4. The average Bonchev–Trinajstić information content (AvgIpc) is 3.19. The zero-order valence-electron chi connectivity index (χ0n) is 12.6. The maximum absolute atomic E-state index is 12.0. The highest BCUT2D eigenvalue weighted by Crippen LogP contribution is 2.27. The Labute approximate surface area is 143 Å². The SMILES string of the molecule is Cc1ccc(NC(=O)CSc2n[nH]c([C@H]3CCCO3)n2)cc1Cl. The Morgan fingerprint density at radius 1 is 1.57 bits per heavy atom. The standard InChI is InChI=1S/C15H17ClN4O2S/c1-9-4-5-10(7-11(9)16)17-13(21)8-23-15-18-14(19-20-15)12-3-2-6-22-12/h4-5,7,12H,2-3,6,8H2,1H3,(H,17,21)(H,18,19,20)/t12-/m1/s1. The first-order valence-electron chi connectivity index (χ1n) is 7.34. The molecule has 1 aromatic heterocycles. The number of aromatic nitrogens is 3. The van der Waals surface area contributed by atoms with E-state index >= 15 is 0 Å². The van der Waals surface area contributed by atoms with Gasteiger partial charge >= 0.3 is 0 Å². The number of benzene rings is 1. The molecule has 1 fully saturated rings. The number of hydrogen-bond acceptors (Lipinski definition) is 5. The van der Waals surface area contributed by atoms with Crippen LogP contribution in [0.2, 0.25) is 5.02 Å². The number of hydrogen-bond donors (Lipinski definition) is 2. The molecule has 0 bridgehead atoms. The number of carbonyl (C=O) groups excluding carboxylic acids is 1. The number of nitrogens with zero attached hydrogens (tertiary/aromatic N) is 2. The lowest BCUT2D eigenvalue weighted by Gasteiger charge is -2.06. The van der Waals surface area contributed by atoms with Crippen LogP contribution in [0.1, 0.15) is 30.3 Å². The molecule has 1 aliphatic heterocycles. The summed E-state index contributed by atoms with van der Waals surface area (Å²) in [6.07, 6.45) is 1.99. The number of H-pyrrole nitrogens is 1. The molecule has 1 atom stereocenters. The van der Waals surface area contributed by atoms with Crippen LogP contribution in [0, 0.1) is 6.92 Å². The summed E-state index contributed by atoms with van der Waals surface area (Å²) in [5.41, 5.74) is 1.66. The van der Waals surface area contributed by atoms with E-state index in [1.807, 2.05) is 19.1 Å². The predicted molar refractivity (Wildman–Crippen MR) is 89.9 cm³/mol. The molecule has 1 saturated heterocycles. The van der Waals surface area contributed by atoms with Gasteiger partial charge < -0.3 is 10.1 Å². The Kier molecular flexibility index (Phi) is 5.20. The third-order valence-electron chi connectivity index (χ3n) is 3.50. The number of rotatable bonds is 5. The van der Waals surface area contributed by atoms with Crippen molar-refractivity contribution >= 4 is 35.0 Å². The smallest absolute Gasteiger partial charge is 0.234 e. The number of nitrogens with one attached hydrogen (secondary N) is 2. The zero-order chi connectivity index (χ0) is 16.2. The molecule has 6 nitrogen and oxygen atoms in total. The average molecular weight is 353 g/mol. The summed E-state index contributed by atoms with van der Waals surface area (Å²) in [6.45, 7) is 2.67. The second kappa shape index (κ2) is 7.33. The molecule has 2 N–H and O–H groups in total. The van der Waals surface area contributed by atoms with Crippen LogP contribution in [0.3, 0.4) is 0 Å². The summed E-state index contributed by atoms with van der Waals surface area (Å²) in [4.78, 5) is 16.3. The summed E-state index contributed by atoms with van der Waals surface area (Å²) in [5, 5.41) is 11.0. The first-order chi connectivity index (χ1) is 11.1. The van der Waals surface area contributed by atoms with E-state index in [1.165, 1.54) is 11.8 Å². The number of carbonyl (C=O) groups is 1. The minimum Gasteiger partial charge on any atom is -0.370 e. The predicted octanol–water partition coefficient (Wildman–Crippen LogP) is 3.35. The molecule has 0 spiro atoms. The lowest BCUT2D eigenvalue weighted by Crippen LogP contribution is -2.14. The van der Waals surface area contributed by atoms with Crippen LogP contribution in [0.15, 0.2) is 23.4 Å². The molecule has 1 aromatic carbocycles. The van der Waals surface area contributed by atoms with Gasteiger partial charge in [-0.1, -0.05) is 29.4 Å². The van der Waals surface area contributed by atoms with Gasteiger partial charge in [0, 0.05) is 17.3 Å². The van der Waals surface area contributed by atoms with Gasteiger partial charge in [-0.15, -0.1) is 5.10 Å². The molecule has 122 valence electrons. The molecule has 1 aliphatic rings. The first-order valence-corrected chi connectivity index (χ1v) is 8.71. The van der Waals surface area contributed by atoms with E-state index in [-0.39, 0.29) is 17.8 Å². The number of aryl methyl sites for hydroxylation is 1. The van der Waals surface area contributed by atoms with Crippen molar-refractivity contribution in [2.45, 2.75) is 31.0 Å². The summed E-state index contributed by atoms with van der Waals surface area (Å²) >= 11 is 7.32. The number of aromatic amines is 1. The fraction of sp³-hybridized carbons (Fsp3) is 0.400. The van der Waals surface area contributed by atoms with Crippen LogP contribution >= 0.6 is 23.4 Å². The fourth-order valence-electron chi connectivity index (χ4n) is 2.26. The van der Waals surface area contributed by atoms with Crippen LogP contribution in [0.5, 0.6) is 0 Å². The van der Waals surface area contributed by atoms with Gasteiger partial charge in [-0.25, -0.2) is 4.98 Å². The van der Waals surface area contributed by atoms with E-state index in [4.69, 9.17) is 16.3 Å². The zero-order valence-corrected chi connectivity index (χ0v) is 14.2. The maximum atomic E-state index is 12.0. The van der Waals surface area contributed by atoms with E-state index in [0.717, 1.165) is 30.8 Å². The van der Waals surface area contributed by atoms with Crippen molar-refractivity contribution in [3.05, 3.63) is 34.6 Å². The topological polar surface area (TPSA) is 79.9 Å². The lowest BCUT2D eigenvalue weighted by molar-refractivity contribution is -0.113. The molecule has 0 unspecified atom stereocenters. The maximum Gasteiger partial charge on any atom is 0.234 e. The fourth-order valence-corrected chi connectivity index (χ4v) is 3.04. The van der Waals surface area contributed by atoms with E-state index in [1.54, 1.807) is 6.07 Å². The van der Waals surface area contributed by atoms with Crippen molar-refractivity contribution in [3.8, 4) is 0 Å². The quantitative estimate of drug-likeness (QED) is 0.806. The molecule has 8 heteroatoms. The van der Waals surface area contributed by atoms with Gasteiger partial charge in [0.15, 0.2) is 5.82 Å². The Morgan fingerprint density at radius 2 is 2.43 bits per heavy atom. The number of ether oxygens (including phenoxy) is 1. The molecular weight excluding hydrogens is 336 g/mol. The summed E-state index contributed by atoms with van der Waals surface area (Å²) < 4.78 is 5.54.